The Labute approximate surface area is 613 Å². The van der Waals surface area contributed by atoms with E-state index in [-0.39, 0.29) is 25.7 Å². The number of phosphoric ester groups is 2. The highest BCUT2D eigenvalue weighted by molar-refractivity contribution is 7.47. The lowest BCUT2D eigenvalue weighted by molar-refractivity contribution is -0.161. The second-order valence-corrected chi connectivity index (χ2v) is 34.0. The minimum absolute atomic E-state index is 0.104. The summed E-state index contributed by atoms with van der Waals surface area (Å²) < 4.78 is 68.7. The topological polar surface area (TPSA) is 237 Å². The lowest BCUT2D eigenvalue weighted by Gasteiger charge is -2.21. The van der Waals surface area contributed by atoms with Gasteiger partial charge in [0.2, 0.25) is 0 Å². The number of phosphoric acid groups is 2. The number of carbonyl (C=O) groups is 4. The van der Waals surface area contributed by atoms with Crippen LogP contribution in [0.5, 0.6) is 0 Å². The molecule has 0 amide bonds. The van der Waals surface area contributed by atoms with Gasteiger partial charge in [-0.3, -0.25) is 37.3 Å². The monoisotopic (exact) mass is 1470 g/mol. The van der Waals surface area contributed by atoms with Gasteiger partial charge in [0.25, 0.3) is 0 Å². The molecule has 5 atom stereocenters. The molecule has 0 radical (unpaired) electrons. The number of ether oxygens (including phenoxy) is 4. The molecule has 0 heterocycles. The molecule has 0 aromatic heterocycles. The Balaban J connectivity index is 5.21. The van der Waals surface area contributed by atoms with E-state index in [2.05, 4.69) is 55.4 Å². The van der Waals surface area contributed by atoms with Gasteiger partial charge in [-0.05, 0) is 49.4 Å². The Morgan fingerprint density at radius 1 is 0.250 bits per heavy atom. The number of unbranched alkanes of at least 4 members (excludes halogenated alkanes) is 44. The predicted octanol–water partition coefficient (Wildman–Crippen LogP) is 24.0. The molecule has 0 rings (SSSR count). The predicted molar refractivity (Wildman–Crippen MR) is 409 cm³/mol. The van der Waals surface area contributed by atoms with Gasteiger partial charge in [0.1, 0.15) is 19.3 Å². The maximum Gasteiger partial charge on any atom is 0.472 e. The van der Waals surface area contributed by atoms with Gasteiger partial charge in [-0.2, -0.15) is 0 Å². The SMILES string of the molecule is CC(C)CCCCCCCCCCCCCCCCCCCCC(=O)OC[C@H](COP(=O)(O)OCC(O)COP(=O)(O)OC[C@@H](COC(=O)CCCCCCCCCC(C)C)OC(=O)CCCCCCCCCCCC(C)C)OC(=O)CCCCCCCCCCCCCCCCC(C)C. The molecule has 3 unspecified atom stereocenters. The van der Waals surface area contributed by atoms with Crippen molar-refractivity contribution in [1.82, 2.24) is 0 Å². The van der Waals surface area contributed by atoms with Crippen LogP contribution in [0.4, 0.5) is 0 Å². The number of hydrogen-bond acceptors (Lipinski definition) is 15. The first-order valence-corrected chi connectivity index (χ1v) is 44.7. The molecule has 100 heavy (non-hydrogen) atoms. The molecule has 0 fully saturated rings. The maximum absolute atomic E-state index is 13.1. The summed E-state index contributed by atoms with van der Waals surface area (Å²) in [7, 11) is -9.92. The summed E-state index contributed by atoms with van der Waals surface area (Å²) in [6.45, 7) is 14.2. The number of aliphatic hydroxyl groups is 1. The fourth-order valence-corrected chi connectivity index (χ4v) is 14.0. The average Bonchev–Trinajstić information content (AvgIpc) is 0.945. The van der Waals surface area contributed by atoms with Gasteiger partial charge < -0.3 is 33.8 Å². The molecule has 0 saturated heterocycles. The Kier molecular flexibility index (Phi) is 68.7. The highest BCUT2D eigenvalue weighted by Gasteiger charge is 2.30. The third-order valence-electron chi connectivity index (χ3n) is 18.8. The van der Waals surface area contributed by atoms with Crippen molar-refractivity contribution in [2.75, 3.05) is 39.6 Å². The average molecular weight is 1470 g/mol. The second-order valence-electron chi connectivity index (χ2n) is 31.1. The van der Waals surface area contributed by atoms with Gasteiger partial charge in [0.05, 0.1) is 26.4 Å². The van der Waals surface area contributed by atoms with E-state index in [1.54, 1.807) is 0 Å². The largest absolute Gasteiger partial charge is 0.472 e. The molecular formula is C81H158O17P2. The first-order chi connectivity index (χ1) is 48.1. The zero-order chi connectivity index (χ0) is 73.8. The molecule has 0 aromatic carbocycles. The van der Waals surface area contributed by atoms with E-state index in [4.69, 9.17) is 37.0 Å². The molecule has 0 aliphatic heterocycles. The van der Waals surface area contributed by atoms with Gasteiger partial charge in [0.15, 0.2) is 12.2 Å². The first kappa shape index (κ1) is 98.1. The zero-order valence-corrected chi connectivity index (χ0v) is 67.6. The van der Waals surface area contributed by atoms with Crippen molar-refractivity contribution in [2.24, 2.45) is 23.7 Å². The van der Waals surface area contributed by atoms with Crippen LogP contribution in [0.15, 0.2) is 0 Å². The molecule has 3 N–H and O–H groups in total. The van der Waals surface area contributed by atoms with Gasteiger partial charge in [-0.25, -0.2) is 9.13 Å². The van der Waals surface area contributed by atoms with Crippen molar-refractivity contribution < 1.29 is 80.2 Å². The third-order valence-corrected chi connectivity index (χ3v) is 20.7. The number of carbonyl (C=O) groups excluding carboxylic acids is 4. The van der Waals surface area contributed by atoms with E-state index in [1.807, 2.05) is 0 Å². The Morgan fingerprint density at radius 3 is 0.620 bits per heavy atom. The van der Waals surface area contributed by atoms with E-state index in [0.717, 1.165) is 114 Å². The van der Waals surface area contributed by atoms with Crippen LogP contribution >= 0.6 is 15.6 Å². The summed E-state index contributed by atoms with van der Waals surface area (Å²) >= 11 is 0. The number of esters is 4. The van der Waals surface area contributed by atoms with Crippen LogP contribution in [0.2, 0.25) is 0 Å². The van der Waals surface area contributed by atoms with Crippen LogP contribution in [-0.2, 0) is 65.4 Å². The fraction of sp³-hybridized carbons (Fsp3) is 0.951. The Bertz CT molecular complexity index is 1950. The van der Waals surface area contributed by atoms with E-state index < -0.39 is 97.5 Å². The normalized spacial score (nSPS) is 14.0. The Morgan fingerprint density at radius 2 is 0.420 bits per heavy atom. The Hall–Kier alpha value is -1.94. The summed E-state index contributed by atoms with van der Waals surface area (Å²) in [6, 6.07) is 0. The molecule has 594 valence electrons. The molecular weight excluding hydrogens is 1310 g/mol. The molecule has 0 aliphatic carbocycles. The van der Waals surface area contributed by atoms with Crippen LogP contribution in [0.3, 0.4) is 0 Å². The van der Waals surface area contributed by atoms with Crippen molar-refractivity contribution in [3.8, 4) is 0 Å². The highest BCUT2D eigenvalue weighted by Crippen LogP contribution is 2.45. The first-order valence-electron chi connectivity index (χ1n) is 41.7. The fourth-order valence-electron chi connectivity index (χ4n) is 12.4. The molecule has 19 heteroatoms. The lowest BCUT2D eigenvalue weighted by atomic mass is 10.0. The van der Waals surface area contributed by atoms with Crippen molar-refractivity contribution >= 4 is 39.5 Å². The lowest BCUT2D eigenvalue weighted by Crippen LogP contribution is -2.30. The molecule has 0 bridgehead atoms. The minimum Gasteiger partial charge on any atom is -0.462 e. The summed E-state index contributed by atoms with van der Waals surface area (Å²) in [5.41, 5.74) is 0. The van der Waals surface area contributed by atoms with E-state index in [0.29, 0.717) is 31.6 Å². The smallest absolute Gasteiger partial charge is 0.462 e. The van der Waals surface area contributed by atoms with Gasteiger partial charge >= 0.3 is 39.5 Å². The number of aliphatic hydroxyl groups excluding tert-OH is 1. The van der Waals surface area contributed by atoms with Crippen LogP contribution in [0, 0.1) is 23.7 Å². The molecule has 0 spiro atoms. The third kappa shape index (κ3) is 74.3. The quantitative estimate of drug-likeness (QED) is 0.0222. The highest BCUT2D eigenvalue weighted by atomic mass is 31.2. The van der Waals surface area contributed by atoms with Crippen molar-refractivity contribution in [3.63, 3.8) is 0 Å². The van der Waals surface area contributed by atoms with Crippen LogP contribution in [0.1, 0.15) is 415 Å². The maximum atomic E-state index is 13.1. The van der Waals surface area contributed by atoms with E-state index >= 15 is 0 Å². The molecule has 17 nitrogen and oxygen atoms in total. The molecule has 0 aromatic rings. The summed E-state index contributed by atoms with van der Waals surface area (Å²) in [6.07, 6.45) is 57.1. The second kappa shape index (κ2) is 70.1. The summed E-state index contributed by atoms with van der Waals surface area (Å²) in [5, 5.41) is 10.6. The van der Waals surface area contributed by atoms with E-state index in [1.165, 1.54) is 212 Å². The number of rotatable bonds is 78. The van der Waals surface area contributed by atoms with Gasteiger partial charge in [-0.15, -0.1) is 0 Å². The minimum atomic E-state index is -4.96. The number of hydrogen-bond donors (Lipinski definition) is 3. The van der Waals surface area contributed by atoms with Crippen LogP contribution in [-0.4, -0.2) is 96.7 Å². The summed E-state index contributed by atoms with van der Waals surface area (Å²) in [4.78, 5) is 73.0. The molecule has 0 aliphatic rings. The van der Waals surface area contributed by atoms with Gasteiger partial charge in [0, 0.05) is 25.7 Å². The van der Waals surface area contributed by atoms with Crippen LogP contribution in [0.25, 0.3) is 0 Å². The van der Waals surface area contributed by atoms with E-state index in [9.17, 15) is 43.2 Å². The van der Waals surface area contributed by atoms with Gasteiger partial charge in [-0.1, -0.05) is 364 Å². The van der Waals surface area contributed by atoms with Crippen molar-refractivity contribution in [2.45, 2.75) is 433 Å². The van der Waals surface area contributed by atoms with Crippen molar-refractivity contribution in [3.05, 3.63) is 0 Å². The summed E-state index contributed by atoms with van der Waals surface area (Å²) in [5.74, 6) is 0.943. The zero-order valence-electron chi connectivity index (χ0n) is 65.8. The van der Waals surface area contributed by atoms with Crippen LogP contribution < -0.4 is 0 Å². The molecule has 0 saturated carbocycles. The standard InChI is InChI=1S/C81H158O17P2/c1-71(2)57-49-41-33-26-21-17-13-11-9-10-12-14-19-23-29-37-45-53-61-78(83)91-67-76(97-80(85)63-55-47-38-30-24-20-16-15-18-22-27-34-42-50-58-72(3)4)69-95-99(87,88)93-65-75(82)66-94-100(89,90)96-70-77(68-92-79(84)62-54-46-40-32-36-44-52-60-74(7)8)98-81(86)64-56-48-39-31-25-28-35-43-51-59-73(5)6/h71-77,82H,9-70H2,1-8H3,(H,87,88)(H,89,90)/t75?,76-,77-/m1/s1. The van der Waals surface area contributed by atoms with Crippen molar-refractivity contribution in [1.29, 1.82) is 0 Å².